The third-order valence-electron chi connectivity index (χ3n) is 6.88. The summed E-state index contributed by atoms with van der Waals surface area (Å²) in [6.45, 7) is 5.52. The number of likely N-dealkylation sites (N-methyl/N-ethyl adjacent to an activating group) is 1. The fraction of sp³-hybridized carbons (Fsp3) is 0.727. The van der Waals surface area contributed by atoms with Crippen LogP contribution in [0.5, 0.6) is 0 Å². The number of ether oxygens (including phenoxy) is 1. The number of imide groups is 1. The fourth-order valence-electron chi connectivity index (χ4n) is 5.09. The van der Waals surface area contributed by atoms with E-state index in [2.05, 4.69) is 32.7 Å². The van der Waals surface area contributed by atoms with E-state index in [1.165, 1.54) is 9.80 Å². The SMILES string of the molecule is CN(C)C(=O)CN=C(NCCN1CCOCC1)NCCN1C(=O)C2C3C=CC(C3)C2C1=O. The number of amides is 3. The molecule has 0 spiro atoms. The average Bonchev–Trinajstić information content (AvgIpc) is 3.47. The topological polar surface area (TPSA) is 107 Å². The Hall–Kier alpha value is -2.46. The molecule has 176 valence electrons. The lowest BCUT2D eigenvalue weighted by Gasteiger charge is -2.27. The van der Waals surface area contributed by atoms with Gasteiger partial charge in [0.25, 0.3) is 0 Å². The van der Waals surface area contributed by atoms with Crippen molar-refractivity contribution in [3.05, 3.63) is 12.2 Å². The summed E-state index contributed by atoms with van der Waals surface area (Å²) in [6.07, 6.45) is 5.13. The van der Waals surface area contributed by atoms with E-state index in [1.54, 1.807) is 14.1 Å². The number of aliphatic imine (C=N–C) groups is 1. The number of rotatable bonds is 8. The Morgan fingerprint density at radius 3 is 2.25 bits per heavy atom. The zero-order chi connectivity index (χ0) is 22.7. The molecule has 2 saturated heterocycles. The molecule has 0 aromatic rings. The first kappa shape index (κ1) is 22.7. The number of nitrogens with one attached hydrogen (secondary N) is 2. The van der Waals surface area contributed by atoms with Crippen molar-refractivity contribution >= 4 is 23.7 Å². The molecule has 32 heavy (non-hydrogen) atoms. The molecule has 2 bridgehead atoms. The minimum atomic E-state index is -0.171. The van der Waals surface area contributed by atoms with Gasteiger partial charge in [-0.1, -0.05) is 12.2 Å². The van der Waals surface area contributed by atoms with E-state index in [4.69, 9.17) is 4.74 Å². The van der Waals surface area contributed by atoms with Crippen molar-refractivity contribution in [1.82, 2.24) is 25.3 Å². The number of nitrogens with zero attached hydrogens (tertiary/aromatic N) is 4. The number of fused-ring (bicyclic) bond motifs is 5. The summed E-state index contributed by atoms with van der Waals surface area (Å²) in [4.78, 5) is 47.2. The van der Waals surface area contributed by atoms with Crippen molar-refractivity contribution < 1.29 is 19.1 Å². The highest BCUT2D eigenvalue weighted by molar-refractivity contribution is 6.06. The third kappa shape index (κ3) is 4.80. The van der Waals surface area contributed by atoms with Gasteiger partial charge in [0, 0.05) is 53.4 Å². The smallest absolute Gasteiger partial charge is 0.243 e. The second-order valence-electron chi connectivity index (χ2n) is 9.09. The Bertz CT molecular complexity index is 761. The van der Waals surface area contributed by atoms with E-state index >= 15 is 0 Å². The monoisotopic (exact) mass is 446 g/mol. The van der Waals surface area contributed by atoms with Crippen molar-refractivity contribution in [1.29, 1.82) is 0 Å². The molecule has 4 rings (SSSR count). The van der Waals surface area contributed by atoms with Gasteiger partial charge in [0.2, 0.25) is 17.7 Å². The molecule has 3 fully saturated rings. The van der Waals surface area contributed by atoms with Crippen LogP contribution in [-0.2, 0) is 19.1 Å². The van der Waals surface area contributed by atoms with Gasteiger partial charge in [-0.15, -0.1) is 0 Å². The second-order valence-corrected chi connectivity index (χ2v) is 9.09. The van der Waals surface area contributed by atoms with E-state index in [0.717, 1.165) is 39.3 Å². The number of carbonyl (C=O) groups excluding carboxylic acids is 3. The summed E-state index contributed by atoms with van der Waals surface area (Å²) >= 11 is 0. The van der Waals surface area contributed by atoms with Crippen molar-refractivity contribution in [2.75, 3.05) is 73.1 Å². The Kier molecular flexibility index (Phi) is 7.10. The number of guanidine groups is 1. The van der Waals surface area contributed by atoms with Gasteiger partial charge in [-0.05, 0) is 18.3 Å². The first-order chi connectivity index (χ1) is 15.5. The zero-order valence-electron chi connectivity index (χ0n) is 19.0. The molecule has 0 radical (unpaired) electrons. The fourth-order valence-corrected chi connectivity index (χ4v) is 5.09. The molecule has 4 aliphatic rings. The van der Waals surface area contributed by atoms with Gasteiger partial charge in [-0.3, -0.25) is 24.2 Å². The molecule has 1 saturated carbocycles. The highest BCUT2D eigenvalue weighted by atomic mass is 16.5. The van der Waals surface area contributed by atoms with E-state index in [1.807, 2.05) is 0 Å². The minimum Gasteiger partial charge on any atom is -0.379 e. The molecule has 2 N–H and O–H groups in total. The van der Waals surface area contributed by atoms with Gasteiger partial charge in [0.1, 0.15) is 6.54 Å². The largest absolute Gasteiger partial charge is 0.379 e. The molecule has 3 amide bonds. The molecule has 0 aromatic carbocycles. The van der Waals surface area contributed by atoms with E-state index in [9.17, 15) is 14.4 Å². The first-order valence-corrected chi connectivity index (χ1v) is 11.5. The van der Waals surface area contributed by atoms with Crippen LogP contribution in [0.25, 0.3) is 0 Å². The van der Waals surface area contributed by atoms with Crippen molar-refractivity contribution in [2.45, 2.75) is 6.42 Å². The van der Waals surface area contributed by atoms with Crippen LogP contribution in [0, 0.1) is 23.7 Å². The van der Waals surface area contributed by atoms with Crippen molar-refractivity contribution in [3.8, 4) is 0 Å². The van der Waals surface area contributed by atoms with E-state index in [-0.39, 0.29) is 47.9 Å². The zero-order valence-corrected chi connectivity index (χ0v) is 19.0. The predicted octanol–water partition coefficient (Wildman–Crippen LogP) is -1.25. The number of carbonyl (C=O) groups is 3. The number of hydrogen-bond acceptors (Lipinski definition) is 6. The van der Waals surface area contributed by atoms with Crippen molar-refractivity contribution in [2.24, 2.45) is 28.7 Å². The van der Waals surface area contributed by atoms with E-state index in [0.29, 0.717) is 25.6 Å². The van der Waals surface area contributed by atoms with Gasteiger partial charge in [0.05, 0.1) is 25.0 Å². The lowest BCUT2D eigenvalue weighted by molar-refractivity contribution is -0.140. The summed E-state index contributed by atoms with van der Waals surface area (Å²) in [5, 5.41) is 6.45. The summed E-state index contributed by atoms with van der Waals surface area (Å²) < 4.78 is 5.37. The summed E-state index contributed by atoms with van der Waals surface area (Å²) in [5.41, 5.74) is 0. The molecule has 0 aromatic heterocycles. The summed E-state index contributed by atoms with van der Waals surface area (Å²) in [5.74, 6) is 0.422. The lowest BCUT2D eigenvalue weighted by atomic mass is 9.85. The molecule has 10 heteroatoms. The van der Waals surface area contributed by atoms with Crippen LogP contribution in [0.3, 0.4) is 0 Å². The number of allylic oxidation sites excluding steroid dienone is 2. The average molecular weight is 447 g/mol. The van der Waals surface area contributed by atoms with Crippen LogP contribution in [0.15, 0.2) is 17.1 Å². The molecular weight excluding hydrogens is 412 g/mol. The van der Waals surface area contributed by atoms with Crippen LogP contribution in [-0.4, -0.2) is 112 Å². The van der Waals surface area contributed by atoms with Gasteiger partial charge >= 0.3 is 0 Å². The minimum absolute atomic E-state index is 0.0284. The van der Waals surface area contributed by atoms with Crippen LogP contribution >= 0.6 is 0 Å². The van der Waals surface area contributed by atoms with Crippen LogP contribution < -0.4 is 10.6 Å². The summed E-state index contributed by atoms with van der Waals surface area (Å²) in [7, 11) is 3.39. The highest BCUT2D eigenvalue weighted by Gasteiger charge is 2.58. The molecule has 4 unspecified atom stereocenters. The maximum atomic E-state index is 12.8. The normalized spacial score (nSPS) is 29.6. The van der Waals surface area contributed by atoms with Crippen LogP contribution in [0.1, 0.15) is 6.42 Å². The predicted molar refractivity (Wildman–Crippen MR) is 119 cm³/mol. The maximum Gasteiger partial charge on any atom is 0.243 e. The number of morpholine rings is 1. The van der Waals surface area contributed by atoms with Crippen molar-refractivity contribution in [3.63, 3.8) is 0 Å². The molecular formula is C22H34N6O4. The summed E-state index contributed by atoms with van der Waals surface area (Å²) in [6, 6.07) is 0. The molecule has 4 atom stereocenters. The van der Waals surface area contributed by atoms with Crippen LogP contribution in [0.4, 0.5) is 0 Å². The van der Waals surface area contributed by atoms with Crippen LogP contribution in [0.2, 0.25) is 0 Å². The molecule has 10 nitrogen and oxygen atoms in total. The van der Waals surface area contributed by atoms with Gasteiger partial charge in [-0.2, -0.15) is 0 Å². The van der Waals surface area contributed by atoms with Gasteiger partial charge < -0.3 is 20.3 Å². The lowest BCUT2D eigenvalue weighted by Crippen LogP contribution is -2.47. The Labute approximate surface area is 189 Å². The second kappa shape index (κ2) is 9.99. The van der Waals surface area contributed by atoms with Gasteiger partial charge in [0.15, 0.2) is 5.96 Å². The maximum absolute atomic E-state index is 12.8. The first-order valence-electron chi connectivity index (χ1n) is 11.5. The number of likely N-dealkylation sites (tertiary alicyclic amines) is 1. The quantitative estimate of drug-likeness (QED) is 0.208. The third-order valence-corrected chi connectivity index (χ3v) is 6.88. The molecule has 2 aliphatic carbocycles. The highest BCUT2D eigenvalue weighted by Crippen LogP contribution is 2.52. The van der Waals surface area contributed by atoms with E-state index < -0.39 is 0 Å². The Morgan fingerprint density at radius 2 is 1.66 bits per heavy atom. The molecule has 2 heterocycles. The Balaban J connectivity index is 1.28. The number of hydrogen-bond donors (Lipinski definition) is 2. The molecule has 2 aliphatic heterocycles. The van der Waals surface area contributed by atoms with Gasteiger partial charge in [-0.25, -0.2) is 4.99 Å². The standard InChI is InChI=1S/C22H34N6O4/c1-26(2)17(29)14-25-22(23-5-7-27-9-11-32-12-10-27)24-6-8-28-20(30)18-15-3-4-16(13-15)19(18)21(28)31/h3-4,15-16,18-19H,5-14H2,1-2H3,(H2,23,24,25). The Morgan fingerprint density at radius 1 is 1.06 bits per heavy atom.